The van der Waals surface area contributed by atoms with E-state index >= 15 is 0 Å². The van der Waals surface area contributed by atoms with E-state index in [1.54, 1.807) is 18.5 Å². The first-order valence-electron chi connectivity index (χ1n) is 11.8. The third-order valence-corrected chi connectivity index (χ3v) is 6.90. The Kier molecular flexibility index (Phi) is 6.90. The van der Waals surface area contributed by atoms with Gasteiger partial charge in [-0.2, -0.15) is 0 Å². The maximum atomic E-state index is 14.1. The molecule has 0 aliphatic carbocycles. The summed E-state index contributed by atoms with van der Waals surface area (Å²) in [6, 6.07) is 5.99. The van der Waals surface area contributed by atoms with Crippen molar-refractivity contribution in [3.63, 3.8) is 0 Å². The quantitative estimate of drug-likeness (QED) is 0.694. The Morgan fingerprint density at radius 3 is 2.62 bits per heavy atom. The Labute approximate surface area is 188 Å². The SMILES string of the molecule is Fc1ccc(OC2CCOCC2)c(C2CCN([C@H]3CCN(c4ncco4)COC3)CC2)c1. The summed E-state index contributed by atoms with van der Waals surface area (Å²) in [5.41, 5.74) is 1.02. The van der Waals surface area contributed by atoms with Gasteiger partial charge in [0.1, 0.15) is 30.7 Å². The van der Waals surface area contributed by atoms with Crippen LogP contribution in [0.5, 0.6) is 5.75 Å². The molecule has 7 nitrogen and oxygen atoms in total. The van der Waals surface area contributed by atoms with Crippen LogP contribution in [0.1, 0.15) is 43.6 Å². The molecule has 2 aromatic rings. The molecule has 0 saturated carbocycles. The Balaban J connectivity index is 1.19. The summed E-state index contributed by atoms with van der Waals surface area (Å²) in [7, 11) is 0. The number of piperidine rings is 1. The van der Waals surface area contributed by atoms with Crippen molar-refractivity contribution in [2.45, 2.75) is 50.2 Å². The minimum Gasteiger partial charge on any atom is -0.490 e. The summed E-state index contributed by atoms with van der Waals surface area (Å²) < 4.78 is 37.2. The summed E-state index contributed by atoms with van der Waals surface area (Å²) in [5, 5.41) is 0. The third-order valence-electron chi connectivity index (χ3n) is 6.90. The lowest BCUT2D eigenvalue weighted by atomic mass is 9.88. The molecule has 8 heteroatoms. The minimum atomic E-state index is -0.189. The van der Waals surface area contributed by atoms with E-state index in [0.29, 0.717) is 31.3 Å². The highest BCUT2D eigenvalue weighted by Gasteiger charge is 2.30. The van der Waals surface area contributed by atoms with Crippen LogP contribution in [0.3, 0.4) is 0 Å². The minimum absolute atomic E-state index is 0.155. The molecule has 0 bridgehead atoms. The zero-order valence-electron chi connectivity index (χ0n) is 18.5. The molecule has 0 N–H and O–H groups in total. The van der Waals surface area contributed by atoms with Crippen molar-refractivity contribution < 1.29 is 23.0 Å². The van der Waals surface area contributed by atoms with Crippen LogP contribution in [-0.4, -0.2) is 68.2 Å². The topological polar surface area (TPSA) is 60.2 Å². The molecule has 4 heterocycles. The Hall–Kier alpha value is -2.16. The summed E-state index contributed by atoms with van der Waals surface area (Å²) in [6.45, 7) is 5.49. The van der Waals surface area contributed by atoms with Crippen LogP contribution < -0.4 is 9.64 Å². The second-order valence-electron chi connectivity index (χ2n) is 8.94. The number of hydrogen-bond donors (Lipinski definition) is 0. The lowest BCUT2D eigenvalue weighted by Gasteiger charge is -2.37. The van der Waals surface area contributed by atoms with Crippen molar-refractivity contribution >= 4 is 6.01 Å². The smallest absolute Gasteiger partial charge is 0.298 e. The molecule has 3 aliphatic rings. The second kappa shape index (κ2) is 10.2. The Morgan fingerprint density at radius 2 is 1.84 bits per heavy atom. The van der Waals surface area contributed by atoms with Gasteiger partial charge in [0.15, 0.2) is 0 Å². The number of ether oxygens (including phenoxy) is 3. The summed E-state index contributed by atoms with van der Waals surface area (Å²) in [6.07, 6.45) is 8.18. The number of nitrogens with zero attached hydrogens (tertiary/aromatic N) is 3. The van der Waals surface area contributed by atoms with E-state index in [1.807, 2.05) is 11.0 Å². The first kappa shape index (κ1) is 21.7. The second-order valence-corrected chi connectivity index (χ2v) is 8.94. The van der Waals surface area contributed by atoms with E-state index in [2.05, 4.69) is 9.88 Å². The monoisotopic (exact) mass is 445 g/mol. The molecular weight excluding hydrogens is 413 g/mol. The standard InChI is InChI=1S/C24H32FN3O4/c25-19-1-2-23(32-21-6-12-29-13-7-21)22(15-19)18-3-9-27(10-4-18)20-5-11-28(17-30-16-20)24-26-8-14-31-24/h1-2,8,14-15,18,20-21H,3-7,9-13,16-17H2/t20-/m0/s1. The van der Waals surface area contributed by atoms with Gasteiger partial charge in [0.25, 0.3) is 6.01 Å². The van der Waals surface area contributed by atoms with Crippen molar-refractivity contribution in [3.8, 4) is 5.75 Å². The van der Waals surface area contributed by atoms with Crippen LogP contribution in [0.25, 0.3) is 0 Å². The van der Waals surface area contributed by atoms with E-state index in [4.69, 9.17) is 18.6 Å². The van der Waals surface area contributed by atoms with Gasteiger partial charge in [-0.3, -0.25) is 4.90 Å². The highest BCUT2D eigenvalue weighted by molar-refractivity contribution is 5.37. The van der Waals surface area contributed by atoms with Gasteiger partial charge in [-0.05, 0) is 56.5 Å². The first-order chi connectivity index (χ1) is 15.8. The highest BCUT2D eigenvalue weighted by atomic mass is 19.1. The summed E-state index contributed by atoms with van der Waals surface area (Å²) >= 11 is 0. The molecule has 1 aromatic heterocycles. The number of oxazole rings is 1. The first-order valence-corrected chi connectivity index (χ1v) is 11.8. The fraction of sp³-hybridized carbons (Fsp3) is 0.625. The fourth-order valence-electron chi connectivity index (χ4n) is 5.06. The van der Waals surface area contributed by atoms with Gasteiger partial charge >= 0.3 is 0 Å². The molecule has 0 radical (unpaired) electrons. The largest absolute Gasteiger partial charge is 0.490 e. The predicted molar refractivity (Wildman–Crippen MR) is 117 cm³/mol. The number of halogens is 1. The predicted octanol–water partition coefficient (Wildman–Crippen LogP) is 3.80. The molecule has 32 heavy (non-hydrogen) atoms. The van der Waals surface area contributed by atoms with E-state index in [1.165, 1.54) is 6.07 Å². The van der Waals surface area contributed by atoms with Gasteiger partial charge in [0, 0.05) is 31.0 Å². The zero-order chi connectivity index (χ0) is 21.8. The van der Waals surface area contributed by atoms with Crippen LogP contribution >= 0.6 is 0 Å². The third kappa shape index (κ3) is 5.08. The highest BCUT2D eigenvalue weighted by Crippen LogP contribution is 2.36. The number of hydrogen-bond acceptors (Lipinski definition) is 7. The molecule has 0 amide bonds. The van der Waals surface area contributed by atoms with E-state index < -0.39 is 0 Å². The van der Waals surface area contributed by atoms with Crippen LogP contribution in [0.4, 0.5) is 10.4 Å². The van der Waals surface area contributed by atoms with Crippen molar-refractivity contribution in [1.82, 2.24) is 9.88 Å². The lowest BCUT2D eigenvalue weighted by molar-refractivity contribution is 0.0246. The van der Waals surface area contributed by atoms with E-state index in [9.17, 15) is 4.39 Å². The summed E-state index contributed by atoms with van der Waals surface area (Å²) in [5.74, 6) is 0.967. The molecule has 3 aliphatic heterocycles. The molecule has 3 fully saturated rings. The van der Waals surface area contributed by atoms with Gasteiger partial charge in [-0.15, -0.1) is 0 Å². The zero-order valence-corrected chi connectivity index (χ0v) is 18.5. The average Bonchev–Trinajstić information content (AvgIpc) is 3.26. The lowest BCUT2D eigenvalue weighted by Crippen LogP contribution is -2.43. The number of likely N-dealkylation sites (tertiary alicyclic amines) is 1. The molecular formula is C24H32FN3O4. The molecule has 174 valence electrons. The molecule has 3 saturated heterocycles. The number of aromatic nitrogens is 1. The van der Waals surface area contributed by atoms with Crippen molar-refractivity contribution in [2.24, 2.45) is 0 Å². The van der Waals surface area contributed by atoms with E-state index in [-0.39, 0.29) is 11.9 Å². The van der Waals surface area contributed by atoms with Crippen LogP contribution in [0, 0.1) is 5.82 Å². The number of benzene rings is 1. The van der Waals surface area contributed by atoms with Crippen LogP contribution in [0.15, 0.2) is 35.1 Å². The molecule has 0 unspecified atom stereocenters. The maximum absolute atomic E-state index is 14.1. The summed E-state index contributed by atoms with van der Waals surface area (Å²) in [4.78, 5) is 8.80. The van der Waals surface area contributed by atoms with Gasteiger partial charge in [0.05, 0.1) is 26.0 Å². The Bertz CT molecular complexity index is 851. The van der Waals surface area contributed by atoms with Gasteiger partial charge in [0.2, 0.25) is 0 Å². The van der Waals surface area contributed by atoms with Crippen molar-refractivity contribution in [3.05, 3.63) is 42.0 Å². The molecule has 0 spiro atoms. The van der Waals surface area contributed by atoms with Crippen LogP contribution in [-0.2, 0) is 9.47 Å². The van der Waals surface area contributed by atoms with Gasteiger partial charge in [-0.1, -0.05) is 0 Å². The average molecular weight is 446 g/mol. The molecule has 5 rings (SSSR count). The van der Waals surface area contributed by atoms with E-state index in [0.717, 1.165) is 76.3 Å². The fourth-order valence-corrected chi connectivity index (χ4v) is 5.06. The normalized spacial score (nSPS) is 24.4. The van der Waals surface area contributed by atoms with Gasteiger partial charge < -0.3 is 23.5 Å². The molecule has 1 atom stereocenters. The Morgan fingerprint density at radius 1 is 1.00 bits per heavy atom. The molecule has 1 aromatic carbocycles. The number of rotatable bonds is 5. The van der Waals surface area contributed by atoms with Crippen molar-refractivity contribution in [1.29, 1.82) is 0 Å². The van der Waals surface area contributed by atoms with Crippen LogP contribution in [0.2, 0.25) is 0 Å². The van der Waals surface area contributed by atoms with Crippen molar-refractivity contribution in [2.75, 3.05) is 51.1 Å². The number of anilines is 1. The maximum Gasteiger partial charge on any atom is 0.298 e. The van der Waals surface area contributed by atoms with Gasteiger partial charge in [-0.25, -0.2) is 9.37 Å².